The van der Waals surface area contributed by atoms with Gasteiger partial charge in [-0.25, -0.2) is 14.6 Å². The fourth-order valence-corrected chi connectivity index (χ4v) is 3.64. The summed E-state index contributed by atoms with van der Waals surface area (Å²) >= 11 is 0. The summed E-state index contributed by atoms with van der Waals surface area (Å²) in [5.41, 5.74) is 5.03. The summed E-state index contributed by atoms with van der Waals surface area (Å²) in [5, 5.41) is 35.2. The predicted octanol–water partition coefficient (Wildman–Crippen LogP) is 3.68. The third kappa shape index (κ3) is 3.96. The van der Waals surface area contributed by atoms with Crippen molar-refractivity contribution in [3.8, 4) is 17.7 Å². The quantitative estimate of drug-likeness (QED) is 0.414. The van der Waals surface area contributed by atoms with Crippen LogP contribution in [0.1, 0.15) is 35.7 Å². The first-order valence-electron chi connectivity index (χ1n) is 10.6. The molecule has 0 aliphatic carbocycles. The summed E-state index contributed by atoms with van der Waals surface area (Å²) in [7, 11) is 0. The first kappa shape index (κ1) is 21.2. The number of aryl methyl sites for hydroxylation is 2. The molecule has 4 heterocycles. The Labute approximate surface area is 195 Å². The molecule has 10 heteroatoms. The van der Waals surface area contributed by atoms with Crippen molar-refractivity contribution in [1.29, 1.82) is 5.26 Å². The standard InChI is InChI=1S/C24H21N9O/c1-14-4-7-22(30-29-14)27-18-5-6-21-20(11-18)26-13-32(21)23-9-17(16(3)34)10-24(28-23)33-15(2)8-19(12-25)31-33/h4-11,13,16,34H,1-3H3,(H,27,30). The minimum atomic E-state index is -0.715. The lowest BCUT2D eigenvalue weighted by atomic mass is 10.1. The number of aliphatic hydroxyl groups is 1. The van der Waals surface area contributed by atoms with E-state index in [0.29, 0.717) is 28.7 Å². The molecule has 4 aromatic heterocycles. The lowest BCUT2D eigenvalue weighted by Gasteiger charge is -2.13. The summed E-state index contributed by atoms with van der Waals surface area (Å²) in [6, 6.07) is 16.9. The Morgan fingerprint density at radius 1 is 1.03 bits per heavy atom. The number of aromatic nitrogens is 7. The van der Waals surface area contributed by atoms with Gasteiger partial charge in [-0.3, -0.25) is 4.57 Å². The predicted molar refractivity (Wildman–Crippen MR) is 126 cm³/mol. The molecule has 34 heavy (non-hydrogen) atoms. The van der Waals surface area contributed by atoms with E-state index in [1.807, 2.05) is 60.9 Å². The molecule has 0 aliphatic heterocycles. The Morgan fingerprint density at radius 3 is 2.56 bits per heavy atom. The van der Waals surface area contributed by atoms with E-state index in [2.05, 4.69) is 25.6 Å². The van der Waals surface area contributed by atoms with Gasteiger partial charge >= 0.3 is 0 Å². The summed E-state index contributed by atoms with van der Waals surface area (Å²) in [4.78, 5) is 9.30. The number of rotatable bonds is 5. The fraction of sp³-hybridized carbons (Fsp3) is 0.167. The lowest BCUT2D eigenvalue weighted by molar-refractivity contribution is 0.199. The van der Waals surface area contributed by atoms with E-state index in [4.69, 9.17) is 4.98 Å². The first-order valence-corrected chi connectivity index (χ1v) is 10.6. The highest BCUT2D eigenvalue weighted by molar-refractivity contribution is 5.82. The Kier molecular flexibility index (Phi) is 5.24. The molecule has 0 saturated heterocycles. The van der Waals surface area contributed by atoms with Crippen molar-refractivity contribution in [3.63, 3.8) is 0 Å². The lowest BCUT2D eigenvalue weighted by Crippen LogP contribution is -2.08. The van der Waals surface area contributed by atoms with Crippen molar-refractivity contribution >= 4 is 22.5 Å². The molecule has 5 aromatic rings. The smallest absolute Gasteiger partial charge is 0.163 e. The van der Waals surface area contributed by atoms with Gasteiger partial charge < -0.3 is 10.4 Å². The number of hydrogen-bond donors (Lipinski definition) is 2. The van der Waals surface area contributed by atoms with E-state index in [1.54, 1.807) is 30.1 Å². The van der Waals surface area contributed by atoms with Crippen molar-refractivity contribution in [2.45, 2.75) is 26.9 Å². The van der Waals surface area contributed by atoms with Gasteiger partial charge in [0.1, 0.15) is 18.2 Å². The molecule has 1 unspecified atom stereocenters. The minimum Gasteiger partial charge on any atom is -0.389 e. The van der Waals surface area contributed by atoms with Crippen LogP contribution in [0.2, 0.25) is 0 Å². The van der Waals surface area contributed by atoms with E-state index in [9.17, 15) is 10.4 Å². The molecule has 168 valence electrons. The van der Waals surface area contributed by atoms with Crippen molar-refractivity contribution in [2.24, 2.45) is 0 Å². The average molecular weight is 451 g/mol. The normalized spacial score (nSPS) is 12.0. The number of pyridine rings is 1. The molecule has 1 atom stereocenters. The highest BCUT2D eigenvalue weighted by atomic mass is 16.3. The monoisotopic (exact) mass is 451 g/mol. The number of aliphatic hydroxyl groups excluding tert-OH is 1. The Hall–Kier alpha value is -4.62. The molecule has 10 nitrogen and oxygen atoms in total. The maximum Gasteiger partial charge on any atom is 0.163 e. The van der Waals surface area contributed by atoms with Crippen molar-refractivity contribution in [3.05, 3.63) is 77.5 Å². The molecule has 0 radical (unpaired) electrons. The third-order valence-corrected chi connectivity index (χ3v) is 5.39. The van der Waals surface area contributed by atoms with Gasteiger partial charge in [-0.15, -0.1) is 5.10 Å². The van der Waals surface area contributed by atoms with Crippen LogP contribution in [0.4, 0.5) is 11.5 Å². The molecule has 1 aromatic carbocycles. The number of benzene rings is 1. The van der Waals surface area contributed by atoms with Gasteiger partial charge in [-0.2, -0.15) is 15.5 Å². The number of fused-ring (bicyclic) bond motifs is 1. The molecular weight excluding hydrogens is 430 g/mol. The highest BCUT2D eigenvalue weighted by Crippen LogP contribution is 2.25. The molecule has 5 rings (SSSR count). The zero-order valence-electron chi connectivity index (χ0n) is 18.8. The van der Waals surface area contributed by atoms with Crippen LogP contribution in [0.5, 0.6) is 0 Å². The van der Waals surface area contributed by atoms with Crippen molar-refractivity contribution in [2.75, 3.05) is 5.32 Å². The number of anilines is 2. The van der Waals surface area contributed by atoms with Crippen LogP contribution in [0.3, 0.4) is 0 Å². The van der Waals surface area contributed by atoms with Gasteiger partial charge in [0, 0.05) is 11.4 Å². The van der Waals surface area contributed by atoms with E-state index in [0.717, 1.165) is 28.1 Å². The number of nitrogens with one attached hydrogen (secondary N) is 1. The number of nitriles is 1. The molecule has 0 saturated carbocycles. The van der Waals surface area contributed by atoms with Gasteiger partial charge in [-0.05, 0) is 74.9 Å². The molecule has 0 aliphatic rings. The Morgan fingerprint density at radius 2 is 1.85 bits per heavy atom. The summed E-state index contributed by atoms with van der Waals surface area (Å²) in [6.45, 7) is 5.43. The van der Waals surface area contributed by atoms with Gasteiger partial charge in [-0.1, -0.05) is 0 Å². The zero-order valence-corrected chi connectivity index (χ0v) is 18.8. The van der Waals surface area contributed by atoms with Crippen LogP contribution in [0.25, 0.3) is 22.7 Å². The summed E-state index contributed by atoms with van der Waals surface area (Å²) in [5.74, 6) is 1.73. The van der Waals surface area contributed by atoms with E-state index in [-0.39, 0.29) is 0 Å². The molecule has 0 amide bonds. The van der Waals surface area contributed by atoms with E-state index in [1.165, 1.54) is 0 Å². The first-order chi connectivity index (χ1) is 16.4. The van der Waals surface area contributed by atoms with Crippen LogP contribution in [-0.2, 0) is 0 Å². The highest BCUT2D eigenvalue weighted by Gasteiger charge is 2.15. The summed E-state index contributed by atoms with van der Waals surface area (Å²) < 4.78 is 3.45. The van der Waals surface area contributed by atoms with Gasteiger partial charge in [0.15, 0.2) is 17.3 Å². The van der Waals surface area contributed by atoms with Crippen LogP contribution >= 0.6 is 0 Å². The van der Waals surface area contributed by atoms with Gasteiger partial charge in [0.05, 0.1) is 22.8 Å². The second-order valence-electron chi connectivity index (χ2n) is 7.99. The van der Waals surface area contributed by atoms with E-state index >= 15 is 0 Å². The van der Waals surface area contributed by atoms with Crippen LogP contribution in [0, 0.1) is 25.2 Å². The average Bonchev–Trinajstić information content (AvgIpc) is 3.43. The number of hydrogen-bond acceptors (Lipinski definition) is 8. The maximum atomic E-state index is 10.3. The number of nitrogens with zero attached hydrogens (tertiary/aromatic N) is 8. The van der Waals surface area contributed by atoms with Crippen LogP contribution in [-0.4, -0.2) is 39.6 Å². The van der Waals surface area contributed by atoms with Crippen molar-refractivity contribution in [1.82, 2.24) is 34.5 Å². The maximum absolute atomic E-state index is 10.3. The van der Waals surface area contributed by atoms with E-state index < -0.39 is 6.10 Å². The second kappa shape index (κ2) is 8.38. The SMILES string of the molecule is Cc1ccc(Nc2ccc3c(c2)ncn3-c2cc(C(C)O)cc(-n3nc(C#N)cc3C)n2)nn1. The van der Waals surface area contributed by atoms with Crippen LogP contribution < -0.4 is 5.32 Å². The molecule has 0 fully saturated rings. The Balaban J connectivity index is 1.56. The minimum absolute atomic E-state index is 0.301. The number of imidazole rings is 1. The van der Waals surface area contributed by atoms with Gasteiger partial charge in [0.25, 0.3) is 0 Å². The van der Waals surface area contributed by atoms with Gasteiger partial charge in [0.2, 0.25) is 0 Å². The zero-order chi connectivity index (χ0) is 23.8. The molecule has 2 N–H and O–H groups in total. The fourth-order valence-electron chi connectivity index (χ4n) is 3.64. The van der Waals surface area contributed by atoms with Crippen molar-refractivity contribution < 1.29 is 5.11 Å². The topological polar surface area (TPSA) is 130 Å². The molecular formula is C24H21N9O. The Bertz CT molecular complexity index is 1540. The second-order valence-corrected chi connectivity index (χ2v) is 7.99. The molecule has 0 bridgehead atoms. The molecule has 0 spiro atoms. The largest absolute Gasteiger partial charge is 0.389 e. The third-order valence-electron chi connectivity index (χ3n) is 5.39. The van der Waals surface area contributed by atoms with Crippen LogP contribution in [0.15, 0.2) is 54.9 Å². The summed E-state index contributed by atoms with van der Waals surface area (Å²) in [6.07, 6.45) is 0.974.